The molecule has 30 heavy (non-hydrogen) atoms. The van der Waals surface area contributed by atoms with Crippen LogP contribution in [-0.2, 0) is 16.0 Å². The molecule has 0 aromatic heterocycles. The van der Waals surface area contributed by atoms with Crippen molar-refractivity contribution in [3.05, 3.63) is 65.5 Å². The highest BCUT2D eigenvalue weighted by Crippen LogP contribution is 2.19. The molecule has 0 aliphatic rings. The maximum absolute atomic E-state index is 12.9. The van der Waals surface area contributed by atoms with E-state index in [1.165, 1.54) is 41.6 Å². The SMILES string of the molecule is CCc1ccc(C(CNC(=O)C(C)SCC(=O)Nc2ccc(F)cc2)N(C)C)cc1. The van der Waals surface area contributed by atoms with Crippen LogP contribution >= 0.6 is 11.8 Å². The van der Waals surface area contributed by atoms with E-state index < -0.39 is 0 Å². The molecule has 0 saturated heterocycles. The minimum absolute atomic E-state index is 0.0684. The number of nitrogens with one attached hydrogen (secondary N) is 2. The van der Waals surface area contributed by atoms with Gasteiger partial charge in [0.05, 0.1) is 17.0 Å². The number of nitrogens with zero attached hydrogens (tertiary/aromatic N) is 1. The molecule has 2 N–H and O–H groups in total. The molecule has 2 amide bonds. The van der Waals surface area contributed by atoms with Gasteiger partial charge in [-0.05, 0) is 62.8 Å². The summed E-state index contributed by atoms with van der Waals surface area (Å²) in [7, 11) is 3.98. The van der Waals surface area contributed by atoms with Gasteiger partial charge in [-0.1, -0.05) is 31.2 Å². The van der Waals surface area contributed by atoms with Crippen LogP contribution in [0.25, 0.3) is 0 Å². The van der Waals surface area contributed by atoms with Crippen LogP contribution in [0, 0.1) is 5.82 Å². The van der Waals surface area contributed by atoms with Gasteiger partial charge in [0.15, 0.2) is 0 Å². The highest BCUT2D eigenvalue weighted by Gasteiger charge is 2.19. The molecule has 2 rings (SSSR count). The Balaban J connectivity index is 1.81. The zero-order valence-electron chi connectivity index (χ0n) is 17.9. The molecule has 2 aromatic rings. The van der Waals surface area contributed by atoms with Gasteiger partial charge in [-0.15, -0.1) is 11.8 Å². The number of likely N-dealkylation sites (N-methyl/N-ethyl adjacent to an activating group) is 1. The van der Waals surface area contributed by atoms with E-state index in [1.807, 2.05) is 14.1 Å². The van der Waals surface area contributed by atoms with E-state index in [0.717, 1.165) is 12.0 Å². The summed E-state index contributed by atoms with van der Waals surface area (Å²) in [5, 5.41) is 5.32. The first kappa shape index (κ1) is 23.9. The van der Waals surface area contributed by atoms with E-state index in [-0.39, 0.29) is 34.7 Å². The summed E-state index contributed by atoms with van der Waals surface area (Å²) >= 11 is 1.26. The fourth-order valence-corrected chi connectivity index (χ4v) is 3.63. The lowest BCUT2D eigenvalue weighted by atomic mass is 10.0. The molecular formula is C23H30FN3O2S. The normalized spacial score (nSPS) is 13.0. The molecular weight excluding hydrogens is 401 g/mol. The van der Waals surface area contributed by atoms with Crippen molar-refractivity contribution in [2.75, 3.05) is 31.7 Å². The third kappa shape index (κ3) is 7.46. The Morgan fingerprint density at radius 3 is 2.27 bits per heavy atom. The number of aryl methyl sites for hydroxylation is 1. The Labute approximate surface area is 182 Å². The first-order chi connectivity index (χ1) is 14.3. The van der Waals surface area contributed by atoms with Gasteiger partial charge in [-0.3, -0.25) is 9.59 Å². The molecule has 0 heterocycles. The lowest BCUT2D eigenvalue weighted by molar-refractivity contribution is -0.120. The number of thioether (sulfide) groups is 1. The maximum Gasteiger partial charge on any atom is 0.234 e. The minimum Gasteiger partial charge on any atom is -0.353 e. The highest BCUT2D eigenvalue weighted by atomic mass is 32.2. The second-order valence-electron chi connectivity index (χ2n) is 7.33. The van der Waals surface area contributed by atoms with Crippen LogP contribution in [0.5, 0.6) is 0 Å². The van der Waals surface area contributed by atoms with Gasteiger partial charge in [0, 0.05) is 12.2 Å². The molecule has 7 heteroatoms. The number of halogens is 1. The molecule has 0 aliphatic carbocycles. The number of amides is 2. The summed E-state index contributed by atoms with van der Waals surface area (Å²) in [6.45, 7) is 4.40. The van der Waals surface area contributed by atoms with Crippen molar-refractivity contribution in [3.63, 3.8) is 0 Å². The zero-order chi connectivity index (χ0) is 22.1. The van der Waals surface area contributed by atoms with Gasteiger partial charge in [0.2, 0.25) is 11.8 Å². The Hall–Kier alpha value is -2.38. The summed E-state index contributed by atoms with van der Waals surface area (Å²) in [5.74, 6) is -0.549. The molecule has 2 atom stereocenters. The molecule has 0 saturated carbocycles. The van der Waals surface area contributed by atoms with Gasteiger partial charge >= 0.3 is 0 Å². The van der Waals surface area contributed by atoms with Crippen molar-refractivity contribution >= 4 is 29.3 Å². The van der Waals surface area contributed by atoms with Crippen LogP contribution in [-0.4, -0.2) is 48.4 Å². The number of hydrogen-bond acceptors (Lipinski definition) is 4. The van der Waals surface area contributed by atoms with E-state index in [2.05, 4.69) is 46.7 Å². The highest BCUT2D eigenvalue weighted by molar-refractivity contribution is 8.01. The molecule has 2 aromatic carbocycles. The molecule has 0 radical (unpaired) electrons. The third-order valence-electron chi connectivity index (χ3n) is 4.83. The average molecular weight is 432 g/mol. The summed E-state index contributed by atoms with van der Waals surface area (Å²) in [5.41, 5.74) is 2.96. The fourth-order valence-electron chi connectivity index (χ4n) is 2.92. The summed E-state index contributed by atoms with van der Waals surface area (Å²) in [6, 6.07) is 14.1. The van der Waals surface area contributed by atoms with E-state index in [4.69, 9.17) is 0 Å². The number of anilines is 1. The number of hydrogen-bond donors (Lipinski definition) is 2. The van der Waals surface area contributed by atoms with Gasteiger partial charge in [0.1, 0.15) is 5.82 Å². The van der Waals surface area contributed by atoms with Crippen molar-refractivity contribution in [1.82, 2.24) is 10.2 Å². The Morgan fingerprint density at radius 2 is 1.70 bits per heavy atom. The van der Waals surface area contributed by atoms with Crippen LogP contribution in [0.3, 0.4) is 0 Å². The van der Waals surface area contributed by atoms with Crippen LogP contribution in [0.15, 0.2) is 48.5 Å². The molecule has 2 unspecified atom stereocenters. The number of carbonyl (C=O) groups excluding carboxylic acids is 2. The van der Waals surface area contributed by atoms with Crippen molar-refractivity contribution in [2.45, 2.75) is 31.6 Å². The first-order valence-electron chi connectivity index (χ1n) is 10.00. The Kier molecular flexibility index (Phi) is 9.33. The molecule has 5 nitrogen and oxygen atoms in total. The topological polar surface area (TPSA) is 61.4 Å². The predicted molar refractivity (Wildman–Crippen MR) is 122 cm³/mol. The lowest BCUT2D eigenvalue weighted by Crippen LogP contribution is -2.38. The van der Waals surface area contributed by atoms with Crippen molar-refractivity contribution < 1.29 is 14.0 Å². The lowest BCUT2D eigenvalue weighted by Gasteiger charge is -2.26. The molecule has 0 spiro atoms. The van der Waals surface area contributed by atoms with Gasteiger partial charge in [0.25, 0.3) is 0 Å². The summed E-state index contributed by atoms with van der Waals surface area (Å²) in [6.07, 6.45) is 0.993. The van der Waals surface area contributed by atoms with Crippen LogP contribution in [0.2, 0.25) is 0 Å². The molecule has 0 aliphatic heterocycles. The fraction of sp³-hybridized carbons (Fsp3) is 0.391. The second kappa shape index (κ2) is 11.7. The number of rotatable bonds is 10. The molecule has 162 valence electrons. The molecule has 0 bridgehead atoms. The van der Waals surface area contributed by atoms with Crippen LogP contribution < -0.4 is 10.6 Å². The quantitative estimate of drug-likeness (QED) is 0.600. The Bertz CT molecular complexity index is 825. The summed E-state index contributed by atoms with van der Waals surface area (Å²) < 4.78 is 12.9. The van der Waals surface area contributed by atoms with Crippen molar-refractivity contribution in [2.24, 2.45) is 0 Å². The predicted octanol–water partition coefficient (Wildman–Crippen LogP) is 3.87. The van der Waals surface area contributed by atoms with Crippen LogP contribution in [0.1, 0.15) is 31.0 Å². The van der Waals surface area contributed by atoms with Crippen LogP contribution in [0.4, 0.5) is 10.1 Å². The molecule has 0 fully saturated rings. The zero-order valence-corrected chi connectivity index (χ0v) is 18.8. The third-order valence-corrected chi connectivity index (χ3v) is 5.97. The van der Waals surface area contributed by atoms with E-state index in [1.54, 1.807) is 6.92 Å². The van der Waals surface area contributed by atoms with Gasteiger partial charge < -0.3 is 15.5 Å². The smallest absolute Gasteiger partial charge is 0.234 e. The summed E-state index contributed by atoms with van der Waals surface area (Å²) in [4.78, 5) is 26.6. The van der Waals surface area contributed by atoms with Crippen molar-refractivity contribution in [3.8, 4) is 0 Å². The van der Waals surface area contributed by atoms with E-state index >= 15 is 0 Å². The van der Waals surface area contributed by atoms with Crippen molar-refractivity contribution in [1.29, 1.82) is 0 Å². The first-order valence-corrected chi connectivity index (χ1v) is 11.0. The van der Waals surface area contributed by atoms with E-state index in [9.17, 15) is 14.0 Å². The number of benzene rings is 2. The average Bonchev–Trinajstić information content (AvgIpc) is 2.73. The largest absolute Gasteiger partial charge is 0.353 e. The Morgan fingerprint density at radius 1 is 1.07 bits per heavy atom. The number of carbonyl (C=O) groups is 2. The minimum atomic E-state index is -0.366. The van der Waals surface area contributed by atoms with Gasteiger partial charge in [-0.25, -0.2) is 4.39 Å². The standard InChI is InChI=1S/C23H30FN3O2S/c1-5-17-6-8-18(9-7-17)21(27(3)4)14-25-23(29)16(2)30-15-22(28)26-20-12-10-19(24)11-13-20/h6-13,16,21H,5,14-15H2,1-4H3,(H,25,29)(H,26,28). The monoisotopic (exact) mass is 431 g/mol. The van der Waals surface area contributed by atoms with E-state index in [0.29, 0.717) is 12.2 Å². The maximum atomic E-state index is 12.9. The van der Waals surface area contributed by atoms with Gasteiger partial charge in [-0.2, -0.15) is 0 Å². The second-order valence-corrected chi connectivity index (χ2v) is 8.66.